The first-order valence-corrected chi connectivity index (χ1v) is 3.21. The van der Waals surface area contributed by atoms with Gasteiger partial charge in [0.05, 0.1) is 19.6 Å². The minimum Gasteiger partial charge on any atom is -0.294 e. The van der Waals surface area contributed by atoms with Gasteiger partial charge in [0, 0.05) is 0 Å². The second-order valence-corrected chi connectivity index (χ2v) is 2.32. The van der Waals surface area contributed by atoms with E-state index < -0.39 is 0 Å². The van der Waals surface area contributed by atoms with Crippen LogP contribution >= 0.6 is 0 Å². The molecular formula is C7H8N2O2. The van der Waals surface area contributed by atoms with E-state index in [9.17, 15) is 9.59 Å². The van der Waals surface area contributed by atoms with Crippen LogP contribution in [0.5, 0.6) is 0 Å². The molecule has 1 N–H and O–H groups in total. The van der Waals surface area contributed by atoms with Crippen LogP contribution in [0.1, 0.15) is 0 Å². The quantitative estimate of drug-likeness (QED) is 0.370. The number of rotatable bonds is 1. The Labute approximate surface area is 64.6 Å². The third-order valence-electron chi connectivity index (χ3n) is 1.33. The highest BCUT2D eigenvalue weighted by molar-refractivity contribution is 5.99. The van der Waals surface area contributed by atoms with E-state index in [1.54, 1.807) is 4.90 Å². The summed E-state index contributed by atoms with van der Waals surface area (Å²) in [6.45, 7) is 0.783. The highest BCUT2D eigenvalue weighted by Gasteiger charge is 2.20. The van der Waals surface area contributed by atoms with Gasteiger partial charge in [-0.25, -0.2) is 0 Å². The molecule has 58 valence electrons. The first-order valence-electron chi connectivity index (χ1n) is 3.21. The fourth-order valence-electron chi connectivity index (χ4n) is 0.938. The van der Waals surface area contributed by atoms with E-state index in [4.69, 9.17) is 6.42 Å². The van der Waals surface area contributed by atoms with Crippen LogP contribution in [0, 0.1) is 12.3 Å². The molecule has 0 unspecified atom stereocenters. The predicted molar refractivity (Wildman–Crippen MR) is 38.4 cm³/mol. The monoisotopic (exact) mass is 152 g/mol. The summed E-state index contributed by atoms with van der Waals surface area (Å²) in [7, 11) is 0. The molecule has 0 atom stereocenters. The number of nitrogens with zero attached hydrogens (tertiary/aromatic N) is 1. The molecule has 1 rings (SSSR count). The lowest BCUT2D eigenvalue weighted by molar-refractivity contribution is -0.135. The van der Waals surface area contributed by atoms with Crippen LogP contribution in [0.25, 0.3) is 0 Å². The molecule has 0 spiro atoms. The molecule has 2 amide bonds. The van der Waals surface area contributed by atoms with E-state index in [1.807, 2.05) is 0 Å². The second-order valence-electron chi connectivity index (χ2n) is 2.32. The molecule has 0 radical (unpaired) electrons. The fraction of sp³-hybridized carbons (Fsp3) is 0.429. The summed E-state index contributed by atoms with van der Waals surface area (Å²) in [5.41, 5.74) is 0. The van der Waals surface area contributed by atoms with Gasteiger partial charge in [0.15, 0.2) is 0 Å². The van der Waals surface area contributed by atoms with E-state index in [0.717, 1.165) is 0 Å². The van der Waals surface area contributed by atoms with E-state index in [2.05, 4.69) is 11.2 Å². The molecule has 0 aromatic carbocycles. The topological polar surface area (TPSA) is 49.4 Å². The van der Waals surface area contributed by atoms with E-state index >= 15 is 0 Å². The normalized spacial score (nSPS) is 19.2. The summed E-state index contributed by atoms with van der Waals surface area (Å²) in [4.78, 5) is 23.0. The highest BCUT2D eigenvalue weighted by atomic mass is 16.2. The number of carbonyl (C=O) groups excluding carboxylic acids is 2. The number of piperazine rings is 1. The van der Waals surface area contributed by atoms with Crippen LogP contribution in [0.2, 0.25) is 0 Å². The summed E-state index contributed by atoms with van der Waals surface area (Å²) >= 11 is 0. The van der Waals surface area contributed by atoms with Gasteiger partial charge in [-0.3, -0.25) is 19.8 Å². The molecule has 1 aliphatic heterocycles. The fourth-order valence-corrected chi connectivity index (χ4v) is 0.938. The SMILES string of the molecule is C#CCN1CC(=O)NC(=O)C1. The van der Waals surface area contributed by atoms with Crippen LogP contribution in [0.15, 0.2) is 0 Å². The number of carbonyl (C=O) groups is 2. The van der Waals surface area contributed by atoms with Gasteiger partial charge in [-0.2, -0.15) is 0 Å². The first kappa shape index (κ1) is 7.76. The Morgan fingerprint density at radius 1 is 1.45 bits per heavy atom. The standard InChI is InChI=1S/C7H8N2O2/c1-2-3-9-4-6(10)8-7(11)5-9/h1H,3-5H2,(H,8,10,11). The summed E-state index contributed by atoms with van der Waals surface area (Å²) < 4.78 is 0. The van der Waals surface area contributed by atoms with Crippen LogP contribution < -0.4 is 5.32 Å². The number of amides is 2. The number of imide groups is 1. The molecule has 1 saturated heterocycles. The molecule has 1 aliphatic rings. The van der Waals surface area contributed by atoms with Gasteiger partial charge >= 0.3 is 0 Å². The van der Waals surface area contributed by atoms with Crippen molar-refractivity contribution in [3.8, 4) is 12.3 Å². The molecule has 4 heteroatoms. The van der Waals surface area contributed by atoms with Crippen molar-refractivity contribution in [3.63, 3.8) is 0 Å². The zero-order valence-corrected chi connectivity index (χ0v) is 5.96. The van der Waals surface area contributed by atoms with Crippen molar-refractivity contribution in [1.29, 1.82) is 0 Å². The summed E-state index contributed by atoms with van der Waals surface area (Å²) in [5.74, 6) is 1.81. The molecule has 4 nitrogen and oxygen atoms in total. The van der Waals surface area contributed by atoms with Gasteiger partial charge < -0.3 is 0 Å². The lowest BCUT2D eigenvalue weighted by Crippen LogP contribution is -2.51. The van der Waals surface area contributed by atoms with Crippen LogP contribution in [0.3, 0.4) is 0 Å². The number of hydrogen-bond donors (Lipinski definition) is 1. The lowest BCUT2D eigenvalue weighted by atomic mass is 10.3. The Morgan fingerprint density at radius 3 is 2.45 bits per heavy atom. The Balaban J connectivity index is 2.51. The molecule has 0 aromatic heterocycles. The number of nitrogens with one attached hydrogen (secondary N) is 1. The second kappa shape index (κ2) is 3.17. The van der Waals surface area contributed by atoms with Gasteiger partial charge in [0.25, 0.3) is 0 Å². The summed E-state index contributed by atoms with van der Waals surface area (Å²) in [6, 6.07) is 0. The molecule has 0 aromatic rings. The maximum atomic E-state index is 10.7. The Kier molecular flexibility index (Phi) is 2.24. The van der Waals surface area contributed by atoms with E-state index in [0.29, 0.717) is 6.54 Å². The number of terminal acetylenes is 1. The van der Waals surface area contributed by atoms with E-state index in [1.165, 1.54) is 0 Å². The molecule has 1 fully saturated rings. The van der Waals surface area contributed by atoms with Gasteiger partial charge in [-0.15, -0.1) is 6.42 Å². The van der Waals surface area contributed by atoms with E-state index in [-0.39, 0.29) is 24.9 Å². The van der Waals surface area contributed by atoms with Gasteiger partial charge in [0.1, 0.15) is 0 Å². The van der Waals surface area contributed by atoms with Crippen molar-refractivity contribution in [2.75, 3.05) is 19.6 Å². The van der Waals surface area contributed by atoms with Crippen molar-refractivity contribution in [1.82, 2.24) is 10.2 Å². The lowest BCUT2D eigenvalue weighted by Gasteiger charge is -2.22. The van der Waals surface area contributed by atoms with Crippen LogP contribution in [-0.4, -0.2) is 36.3 Å². The van der Waals surface area contributed by atoms with Gasteiger partial charge in [-0.05, 0) is 0 Å². The van der Waals surface area contributed by atoms with Crippen LogP contribution in [-0.2, 0) is 9.59 Å². The smallest absolute Gasteiger partial charge is 0.240 e. The van der Waals surface area contributed by atoms with Crippen molar-refractivity contribution < 1.29 is 9.59 Å². The van der Waals surface area contributed by atoms with Gasteiger partial charge in [-0.1, -0.05) is 5.92 Å². The molecule has 0 aliphatic carbocycles. The van der Waals surface area contributed by atoms with Crippen molar-refractivity contribution >= 4 is 11.8 Å². The average molecular weight is 152 g/mol. The predicted octanol–water partition coefficient (Wildman–Crippen LogP) is -1.42. The molecule has 0 bridgehead atoms. The van der Waals surface area contributed by atoms with Gasteiger partial charge in [0.2, 0.25) is 11.8 Å². The Hall–Kier alpha value is -1.34. The zero-order chi connectivity index (χ0) is 8.27. The molecule has 1 heterocycles. The Morgan fingerprint density at radius 2 is 2.00 bits per heavy atom. The molecule has 11 heavy (non-hydrogen) atoms. The number of hydrogen-bond acceptors (Lipinski definition) is 3. The molecule has 0 saturated carbocycles. The summed E-state index contributed by atoms with van der Waals surface area (Å²) in [6.07, 6.45) is 5.02. The largest absolute Gasteiger partial charge is 0.294 e. The minimum absolute atomic E-state index is 0.218. The maximum Gasteiger partial charge on any atom is 0.240 e. The van der Waals surface area contributed by atoms with Crippen LogP contribution in [0.4, 0.5) is 0 Å². The third-order valence-corrected chi connectivity index (χ3v) is 1.33. The summed E-state index contributed by atoms with van der Waals surface area (Å²) in [5, 5.41) is 2.18. The van der Waals surface area contributed by atoms with Crippen molar-refractivity contribution in [3.05, 3.63) is 0 Å². The zero-order valence-electron chi connectivity index (χ0n) is 5.96. The molecular weight excluding hydrogens is 144 g/mol. The Bertz CT molecular complexity index is 213. The highest BCUT2D eigenvalue weighted by Crippen LogP contribution is 1.92. The third kappa shape index (κ3) is 2.06. The first-order chi connectivity index (χ1) is 5.22. The minimum atomic E-state index is -0.281. The maximum absolute atomic E-state index is 10.7. The van der Waals surface area contributed by atoms with Crippen molar-refractivity contribution in [2.24, 2.45) is 0 Å². The van der Waals surface area contributed by atoms with Crippen molar-refractivity contribution in [2.45, 2.75) is 0 Å². The average Bonchev–Trinajstić information content (AvgIpc) is 1.85.